The fourth-order valence-corrected chi connectivity index (χ4v) is 1.54. The molecule has 0 spiro atoms. The summed E-state index contributed by atoms with van der Waals surface area (Å²) in [5.74, 6) is 5.40. The van der Waals surface area contributed by atoms with Crippen molar-refractivity contribution in [3.05, 3.63) is 34.9 Å². The fraction of sp³-hybridized carbons (Fsp3) is 0.455. The van der Waals surface area contributed by atoms with Gasteiger partial charge in [-0.1, -0.05) is 23.7 Å². The minimum atomic E-state index is -2.44. The smallest absolute Gasteiger partial charge is 0.261 e. The number of hydrogen-bond acceptors (Lipinski definition) is 3. The standard InChI is InChI=1S/C11H15ClF2N2O/c12-9-3-1-8(2-4-9)10(16-15)5-6-17-7-11(13)14/h1-4,10-11,16H,5-7,15H2. The second-order valence-corrected chi connectivity index (χ2v) is 3.96. The Morgan fingerprint density at radius 1 is 1.29 bits per heavy atom. The minimum Gasteiger partial charge on any atom is -0.375 e. The molecule has 1 aromatic carbocycles. The van der Waals surface area contributed by atoms with Crippen molar-refractivity contribution in [2.45, 2.75) is 18.9 Å². The highest BCUT2D eigenvalue weighted by atomic mass is 35.5. The number of alkyl halides is 2. The minimum absolute atomic E-state index is 0.134. The SMILES string of the molecule is NNC(CCOCC(F)F)c1ccc(Cl)cc1. The molecule has 1 unspecified atom stereocenters. The highest BCUT2D eigenvalue weighted by Crippen LogP contribution is 2.18. The van der Waals surface area contributed by atoms with Gasteiger partial charge in [0.25, 0.3) is 6.43 Å². The zero-order chi connectivity index (χ0) is 12.7. The number of hydrogen-bond donors (Lipinski definition) is 2. The number of ether oxygens (including phenoxy) is 1. The first-order chi connectivity index (χ1) is 8.13. The Morgan fingerprint density at radius 2 is 1.94 bits per heavy atom. The van der Waals surface area contributed by atoms with Crippen LogP contribution in [0.1, 0.15) is 18.0 Å². The lowest BCUT2D eigenvalue weighted by atomic mass is 10.1. The molecule has 1 aromatic rings. The summed E-state index contributed by atoms with van der Waals surface area (Å²) in [6, 6.07) is 7.03. The first-order valence-electron chi connectivity index (χ1n) is 5.21. The van der Waals surface area contributed by atoms with Crippen molar-refractivity contribution in [1.29, 1.82) is 0 Å². The summed E-state index contributed by atoms with van der Waals surface area (Å²) in [5, 5.41) is 0.637. The maximum absolute atomic E-state index is 11.8. The van der Waals surface area contributed by atoms with Crippen molar-refractivity contribution in [2.75, 3.05) is 13.2 Å². The van der Waals surface area contributed by atoms with Crippen LogP contribution < -0.4 is 11.3 Å². The van der Waals surface area contributed by atoms with E-state index in [1.54, 1.807) is 12.1 Å². The topological polar surface area (TPSA) is 47.3 Å². The quantitative estimate of drug-likeness (QED) is 0.452. The predicted molar refractivity (Wildman–Crippen MR) is 63.0 cm³/mol. The van der Waals surface area contributed by atoms with Crippen molar-refractivity contribution in [3.8, 4) is 0 Å². The summed E-state index contributed by atoms with van der Waals surface area (Å²) < 4.78 is 28.5. The van der Waals surface area contributed by atoms with Crippen molar-refractivity contribution in [2.24, 2.45) is 5.84 Å². The second kappa shape index (κ2) is 7.55. The van der Waals surface area contributed by atoms with E-state index in [1.807, 2.05) is 12.1 Å². The molecular weight excluding hydrogens is 250 g/mol. The van der Waals surface area contributed by atoms with Gasteiger partial charge in [0.1, 0.15) is 6.61 Å². The zero-order valence-corrected chi connectivity index (χ0v) is 9.96. The number of hydrazine groups is 1. The number of nitrogens with two attached hydrogens (primary N) is 1. The molecule has 0 amide bonds. The number of halogens is 3. The van der Waals surface area contributed by atoms with E-state index in [2.05, 4.69) is 5.43 Å². The second-order valence-electron chi connectivity index (χ2n) is 3.53. The van der Waals surface area contributed by atoms with Crippen molar-refractivity contribution in [3.63, 3.8) is 0 Å². The molecule has 0 radical (unpaired) electrons. The maximum Gasteiger partial charge on any atom is 0.261 e. The van der Waals surface area contributed by atoms with Crippen LogP contribution in [0, 0.1) is 0 Å². The van der Waals surface area contributed by atoms with Gasteiger partial charge in [-0.05, 0) is 24.1 Å². The van der Waals surface area contributed by atoms with Crippen molar-refractivity contribution < 1.29 is 13.5 Å². The molecule has 0 bridgehead atoms. The maximum atomic E-state index is 11.8. The van der Waals surface area contributed by atoms with E-state index >= 15 is 0 Å². The van der Waals surface area contributed by atoms with E-state index in [-0.39, 0.29) is 12.6 Å². The zero-order valence-electron chi connectivity index (χ0n) is 9.20. The summed E-state index contributed by atoms with van der Waals surface area (Å²) in [5.41, 5.74) is 3.56. The molecule has 3 N–H and O–H groups in total. The Morgan fingerprint density at radius 3 is 2.47 bits per heavy atom. The number of nitrogens with one attached hydrogen (secondary N) is 1. The summed E-state index contributed by atoms with van der Waals surface area (Å²) >= 11 is 5.76. The molecule has 17 heavy (non-hydrogen) atoms. The lowest BCUT2D eigenvalue weighted by Crippen LogP contribution is -2.29. The Labute approximate surface area is 104 Å². The molecule has 6 heteroatoms. The van der Waals surface area contributed by atoms with Gasteiger partial charge in [-0.2, -0.15) is 0 Å². The van der Waals surface area contributed by atoms with Gasteiger partial charge in [-0.3, -0.25) is 11.3 Å². The molecule has 0 aromatic heterocycles. The van der Waals surface area contributed by atoms with E-state index in [1.165, 1.54) is 0 Å². The van der Waals surface area contributed by atoms with Gasteiger partial charge in [0, 0.05) is 17.7 Å². The fourth-order valence-electron chi connectivity index (χ4n) is 1.41. The summed E-state index contributed by atoms with van der Waals surface area (Å²) in [4.78, 5) is 0. The van der Waals surface area contributed by atoms with Crippen LogP contribution in [0.2, 0.25) is 5.02 Å². The Hall–Kier alpha value is -0.750. The van der Waals surface area contributed by atoms with Crippen LogP contribution in [0.4, 0.5) is 8.78 Å². The van der Waals surface area contributed by atoms with Crippen LogP contribution in [0.5, 0.6) is 0 Å². The molecule has 0 aliphatic carbocycles. The third-order valence-electron chi connectivity index (χ3n) is 2.27. The Bertz CT molecular complexity index is 322. The lowest BCUT2D eigenvalue weighted by Gasteiger charge is -2.16. The van der Waals surface area contributed by atoms with Crippen LogP contribution in [0.25, 0.3) is 0 Å². The summed E-state index contributed by atoms with van der Waals surface area (Å²) in [6.45, 7) is -0.320. The average Bonchev–Trinajstić information content (AvgIpc) is 2.30. The summed E-state index contributed by atoms with van der Waals surface area (Å²) in [7, 11) is 0. The molecule has 3 nitrogen and oxygen atoms in total. The van der Waals surface area contributed by atoms with Crippen LogP contribution in [0.3, 0.4) is 0 Å². The first kappa shape index (κ1) is 14.3. The first-order valence-corrected chi connectivity index (χ1v) is 5.58. The monoisotopic (exact) mass is 264 g/mol. The third kappa shape index (κ3) is 5.41. The van der Waals surface area contributed by atoms with Gasteiger partial charge in [0.15, 0.2) is 0 Å². The van der Waals surface area contributed by atoms with Gasteiger partial charge < -0.3 is 4.74 Å². The highest BCUT2D eigenvalue weighted by Gasteiger charge is 2.10. The molecule has 0 aliphatic heterocycles. The predicted octanol–water partition coefficient (Wildman–Crippen LogP) is 2.52. The highest BCUT2D eigenvalue weighted by molar-refractivity contribution is 6.30. The van der Waals surface area contributed by atoms with Crippen molar-refractivity contribution in [1.82, 2.24) is 5.43 Å². The van der Waals surface area contributed by atoms with E-state index in [4.69, 9.17) is 22.2 Å². The molecule has 0 saturated carbocycles. The molecular formula is C11H15ClF2N2O. The largest absolute Gasteiger partial charge is 0.375 e. The number of benzene rings is 1. The number of rotatable bonds is 7. The van der Waals surface area contributed by atoms with Crippen LogP contribution in [-0.4, -0.2) is 19.6 Å². The lowest BCUT2D eigenvalue weighted by molar-refractivity contribution is 0.0143. The Balaban J connectivity index is 2.40. The molecule has 0 saturated heterocycles. The van der Waals surface area contributed by atoms with E-state index in [0.717, 1.165) is 5.56 Å². The van der Waals surface area contributed by atoms with Gasteiger partial charge in [0.2, 0.25) is 0 Å². The van der Waals surface area contributed by atoms with Crippen LogP contribution in [-0.2, 0) is 4.74 Å². The van der Waals surface area contributed by atoms with Gasteiger partial charge in [0.05, 0.1) is 0 Å². The molecule has 1 rings (SSSR count). The van der Waals surface area contributed by atoms with Crippen LogP contribution >= 0.6 is 11.6 Å². The molecule has 0 heterocycles. The van der Waals surface area contributed by atoms with Gasteiger partial charge in [-0.15, -0.1) is 0 Å². The Kier molecular flexibility index (Phi) is 6.36. The molecule has 96 valence electrons. The molecule has 0 aliphatic rings. The van der Waals surface area contributed by atoms with Gasteiger partial charge in [-0.25, -0.2) is 8.78 Å². The van der Waals surface area contributed by atoms with Gasteiger partial charge >= 0.3 is 0 Å². The van der Waals surface area contributed by atoms with E-state index in [0.29, 0.717) is 11.4 Å². The summed E-state index contributed by atoms with van der Waals surface area (Å²) in [6.07, 6.45) is -1.92. The molecule has 1 atom stereocenters. The van der Waals surface area contributed by atoms with Crippen LogP contribution in [0.15, 0.2) is 24.3 Å². The molecule has 0 fully saturated rings. The average molecular weight is 265 g/mol. The van der Waals surface area contributed by atoms with E-state index in [9.17, 15) is 8.78 Å². The normalized spacial score (nSPS) is 13.0. The van der Waals surface area contributed by atoms with E-state index < -0.39 is 13.0 Å². The van der Waals surface area contributed by atoms with Crippen molar-refractivity contribution >= 4 is 11.6 Å². The third-order valence-corrected chi connectivity index (χ3v) is 2.52.